The summed E-state index contributed by atoms with van der Waals surface area (Å²) in [6, 6.07) is 3.06. The lowest BCUT2D eigenvalue weighted by atomic mass is 10.2. The summed E-state index contributed by atoms with van der Waals surface area (Å²) in [4.78, 5) is 23.3. The van der Waals surface area contributed by atoms with Crippen molar-refractivity contribution < 1.29 is 23.8 Å². The number of hydrogen-bond acceptors (Lipinski definition) is 5. The maximum atomic E-state index is 12.1. The number of rotatable bonds is 11. The first-order chi connectivity index (χ1) is 12.7. The van der Waals surface area contributed by atoms with Gasteiger partial charge in [-0.25, -0.2) is 4.79 Å². The summed E-state index contributed by atoms with van der Waals surface area (Å²) in [6.07, 6.45) is 5.33. The molecule has 150 valence electrons. The fourth-order valence-electron chi connectivity index (χ4n) is 2.16. The van der Waals surface area contributed by atoms with E-state index in [0.29, 0.717) is 36.1 Å². The van der Waals surface area contributed by atoms with Crippen LogP contribution in [0.2, 0.25) is 6.04 Å². The van der Waals surface area contributed by atoms with E-state index >= 15 is 0 Å². The van der Waals surface area contributed by atoms with E-state index < -0.39 is 12.0 Å². The second-order valence-electron chi connectivity index (χ2n) is 5.65. The second kappa shape index (κ2) is 12.3. The summed E-state index contributed by atoms with van der Waals surface area (Å²) < 4.78 is 15.5. The fraction of sp³-hybridized carbons (Fsp3) is 0.444. The Bertz CT molecular complexity index is 659. The van der Waals surface area contributed by atoms with E-state index in [1.165, 1.54) is 13.2 Å². The van der Waals surface area contributed by atoms with Crippen LogP contribution in [0.15, 0.2) is 24.3 Å². The molecule has 0 saturated heterocycles. The maximum absolute atomic E-state index is 12.1. The molecule has 5 nitrogen and oxygen atoms in total. The van der Waals surface area contributed by atoms with Crippen molar-refractivity contribution in [2.45, 2.75) is 38.7 Å². The Kier molecular flexibility index (Phi) is 10.8. The molecule has 27 heavy (non-hydrogen) atoms. The van der Waals surface area contributed by atoms with Crippen LogP contribution in [0.4, 0.5) is 0 Å². The van der Waals surface area contributed by atoms with Gasteiger partial charge in [0.2, 0.25) is 0 Å². The quantitative estimate of drug-likeness (QED) is 0.112. The predicted octanol–water partition coefficient (Wildman–Crippen LogP) is 5.39. The Hall–Kier alpha value is -1.21. The lowest BCUT2D eigenvalue weighted by Gasteiger charge is -2.11. The number of ether oxygens (including phenoxy) is 3. The number of esters is 2. The molecule has 0 atom stereocenters. The van der Waals surface area contributed by atoms with E-state index in [2.05, 4.69) is 4.74 Å². The molecule has 0 heterocycles. The summed E-state index contributed by atoms with van der Waals surface area (Å²) >= 11 is 17.5. The first kappa shape index (κ1) is 23.8. The summed E-state index contributed by atoms with van der Waals surface area (Å²) in [5.74, 6) is -0.0673. The summed E-state index contributed by atoms with van der Waals surface area (Å²) in [5, 5.41) is 0. The molecule has 1 rings (SSSR count). The Morgan fingerprint density at radius 1 is 1.11 bits per heavy atom. The smallest absolute Gasteiger partial charge is 0.341 e. The zero-order valence-electron chi connectivity index (χ0n) is 15.3. The summed E-state index contributed by atoms with van der Waals surface area (Å²) in [6.45, 7) is 2.27. The molecule has 0 N–H and O–H groups in total. The first-order valence-corrected chi connectivity index (χ1v) is 13.8. The lowest BCUT2D eigenvalue weighted by Crippen LogP contribution is -2.10. The van der Waals surface area contributed by atoms with Crippen molar-refractivity contribution in [3.63, 3.8) is 0 Å². The van der Waals surface area contributed by atoms with Crippen LogP contribution in [-0.2, 0) is 14.3 Å². The molecule has 0 saturated carbocycles. The molecule has 0 aliphatic rings. The van der Waals surface area contributed by atoms with Gasteiger partial charge in [0, 0.05) is 12.5 Å². The molecular weight excluding hydrogens is 431 g/mol. The van der Waals surface area contributed by atoms with Gasteiger partial charge in [0.1, 0.15) is 0 Å². The minimum atomic E-state index is -2.59. The van der Waals surface area contributed by atoms with Crippen molar-refractivity contribution in [2.75, 3.05) is 13.7 Å². The molecule has 0 fully saturated rings. The van der Waals surface area contributed by atoms with Crippen molar-refractivity contribution in [3.05, 3.63) is 29.8 Å². The molecule has 0 unspecified atom stereocenters. The van der Waals surface area contributed by atoms with Gasteiger partial charge in [-0.2, -0.15) is 0 Å². The molecule has 0 radical (unpaired) electrons. The van der Waals surface area contributed by atoms with Crippen LogP contribution in [0.3, 0.4) is 0 Å². The highest BCUT2D eigenvalue weighted by Crippen LogP contribution is 2.30. The standard InChI is InChI=1S/C18H23Cl3O5Si/c1-3-25-15-10-8-14(9-11-17(22)24-2)13-16(15)26-18(23)7-5-4-6-12-27(19,20)21/h8-11,13H,3-7,12H2,1-2H3. The highest BCUT2D eigenvalue weighted by molar-refractivity contribution is 7.64. The Labute approximate surface area is 174 Å². The van der Waals surface area contributed by atoms with Crippen LogP contribution < -0.4 is 9.47 Å². The number of halogens is 3. The van der Waals surface area contributed by atoms with Gasteiger partial charge in [0.25, 0.3) is 0 Å². The van der Waals surface area contributed by atoms with Gasteiger partial charge in [-0.3, -0.25) is 4.79 Å². The zero-order valence-corrected chi connectivity index (χ0v) is 18.6. The van der Waals surface area contributed by atoms with E-state index in [1.807, 2.05) is 6.92 Å². The van der Waals surface area contributed by atoms with Crippen molar-refractivity contribution in [1.82, 2.24) is 0 Å². The summed E-state index contributed by atoms with van der Waals surface area (Å²) in [7, 11) is 1.30. The van der Waals surface area contributed by atoms with Gasteiger partial charge in [-0.1, -0.05) is 18.9 Å². The third-order valence-corrected chi connectivity index (χ3v) is 6.07. The molecule has 0 aliphatic carbocycles. The van der Waals surface area contributed by atoms with E-state index in [0.717, 1.165) is 12.8 Å². The first-order valence-electron chi connectivity index (χ1n) is 8.55. The number of carbonyl (C=O) groups excluding carboxylic acids is 2. The average molecular weight is 454 g/mol. The Morgan fingerprint density at radius 3 is 2.48 bits per heavy atom. The molecule has 1 aromatic rings. The monoisotopic (exact) mass is 452 g/mol. The molecule has 0 spiro atoms. The SMILES string of the molecule is CCOc1ccc(C=CC(=O)OC)cc1OC(=O)CCCCC[Si](Cl)(Cl)Cl. The van der Waals surface area contributed by atoms with Crippen LogP contribution >= 0.6 is 33.2 Å². The van der Waals surface area contributed by atoms with Gasteiger partial charge in [-0.05, 0) is 43.2 Å². The van der Waals surface area contributed by atoms with Crippen LogP contribution in [-0.4, -0.2) is 31.7 Å². The minimum Gasteiger partial charge on any atom is -0.490 e. The second-order valence-corrected chi connectivity index (χ2v) is 14.9. The molecule has 9 heteroatoms. The third kappa shape index (κ3) is 10.6. The number of unbranched alkanes of at least 4 members (excludes halogenated alkanes) is 2. The Balaban J connectivity index is 2.65. The topological polar surface area (TPSA) is 61.8 Å². The van der Waals surface area contributed by atoms with Crippen molar-refractivity contribution in [3.8, 4) is 11.5 Å². The van der Waals surface area contributed by atoms with Crippen molar-refractivity contribution in [1.29, 1.82) is 0 Å². The molecule has 0 aliphatic heterocycles. The Morgan fingerprint density at radius 2 is 1.85 bits per heavy atom. The van der Waals surface area contributed by atoms with Gasteiger partial charge < -0.3 is 14.2 Å². The van der Waals surface area contributed by atoms with Gasteiger partial charge in [-0.15, -0.1) is 33.2 Å². The van der Waals surface area contributed by atoms with Gasteiger partial charge >= 0.3 is 17.9 Å². The van der Waals surface area contributed by atoms with E-state index in [9.17, 15) is 9.59 Å². The third-order valence-electron chi connectivity index (χ3n) is 3.45. The maximum Gasteiger partial charge on any atom is 0.341 e. The molecule has 0 amide bonds. The van der Waals surface area contributed by atoms with Crippen molar-refractivity contribution >= 4 is 57.3 Å². The molecule has 1 aromatic carbocycles. The number of hydrogen-bond donors (Lipinski definition) is 0. The molecule has 0 aromatic heterocycles. The van der Waals surface area contributed by atoms with E-state index in [1.54, 1.807) is 24.3 Å². The highest BCUT2D eigenvalue weighted by atomic mass is 35.8. The van der Waals surface area contributed by atoms with Gasteiger partial charge in [0.05, 0.1) is 13.7 Å². The van der Waals surface area contributed by atoms with E-state index in [4.69, 9.17) is 42.7 Å². The zero-order chi connectivity index (χ0) is 20.3. The van der Waals surface area contributed by atoms with Gasteiger partial charge in [0.15, 0.2) is 11.5 Å². The fourth-order valence-corrected chi connectivity index (χ4v) is 4.01. The number of benzene rings is 1. The lowest BCUT2D eigenvalue weighted by molar-refractivity contribution is -0.135. The van der Waals surface area contributed by atoms with Crippen molar-refractivity contribution in [2.24, 2.45) is 0 Å². The largest absolute Gasteiger partial charge is 0.490 e. The predicted molar refractivity (Wildman–Crippen MR) is 111 cm³/mol. The van der Waals surface area contributed by atoms with Crippen LogP contribution in [0.5, 0.6) is 11.5 Å². The minimum absolute atomic E-state index is 0.259. The van der Waals surface area contributed by atoms with Crippen LogP contribution in [0.25, 0.3) is 6.08 Å². The number of methoxy groups -OCH3 is 1. The van der Waals surface area contributed by atoms with Crippen LogP contribution in [0.1, 0.15) is 38.2 Å². The molecular formula is C18H23Cl3O5Si. The summed E-state index contributed by atoms with van der Waals surface area (Å²) in [5.41, 5.74) is 0.680. The van der Waals surface area contributed by atoms with Crippen LogP contribution in [0, 0.1) is 0 Å². The normalized spacial score (nSPS) is 11.4. The number of carbonyl (C=O) groups is 2. The van der Waals surface area contributed by atoms with E-state index in [-0.39, 0.29) is 12.4 Å². The molecule has 0 bridgehead atoms. The highest BCUT2D eigenvalue weighted by Gasteiger charge is 2.23. The average Bonchev–Trinajstić information content (AvgIpc) is 2.60.